The number of urea groups is 1. The lowest BCUT2D eigenvalue weighted by atomic mass is 9.76. The molecule has 2 atom stereocenters. The van der Waals surface area contributed by atoms with Gasteiger partial charge >= 0.3 is 6.03 Å². The first-order chi connectivity index (χ1) is 16.0. The van der Waals surface area contributed by atoms with Gasteiger partial charge in [0, 0.05) is 42.8 Å². The van der Waals surface area contributed by atoms with Crippen molar-refractivity contribution >= 4 is 17.4 Å². The van der Waals surface area contributed by atoms with Crippen molar-refractivity contribution in [3.63, 3.8) is 0 Å². The van der Waals surface area contributed by atoms with Gasteiger partial charge in [-0.2, -0.15) is 0 Å². The largest absolute Gasteiger partial charge is 0.371 e. The normalized spacial score (nSPS) is 19.1. The minimum atomic E-state index is -0.266. The lowest BCUT2D eigenvalue weighted by Crippen LogP contribution is -2.38. The molecule has 2 aliphatic rings. The van der Waals surface area contributed by atoms with Gasteiger partial charge < -0.3 is 15.5 Å². The third-order valence-electron chi connectivity index (χ3n) is 6.71. The van der Waals surface area contributed by atoms with Crippen molar-refractivity contribution < 1.29 is 13.6 Å². The van der Waals surface area contributed by atoms with Crippen molar-refractivity contribution in [2.75, 3.05) is 29.9 Å². The van der Waals surface area contributed by atoms with Gasteiger partial charge in [-0.05, 0) is 78.4 Å². The maximum absolute atomic E-state index is 14.1. The van der Waals surface area contributed by atoms with E-state index in [1.165, 1.54) is 12.1 Å². The van der Waals surface area contributed by atoms with Crippen LogP contribution in [0.4, 0.5) is 25.0 Å². The molecule has 33 heavy (non-hydrogen) atoms. The summed E-state index contributed by atoms with van der Waals surface area (Å²) in [6.07, 6.45) is 1.73. The van der Waals surface area contributed by atoms with Crippen LogP contribution < -0.4 is 15.5 Å². The maximum atomic E-state index is 14.1. The Labute approximate surface area is 192 Å². The standard InChI is InChI=1S/C27H27F2N3O/c1-2-30-27(33)31-21-15-24-22(17-5-3-7-19(28)13-17)9-11-32-12-10-23(25(16-21)26(24)32)18-6-4-8-20(29)14-18/h3-8,13-16,22-23H,2,9-12H2,1H3,(H2,30,31,33)/t22-,23-/m0/s1. The Hall–Kier alpha value is -3.41. The van der Waals surface area contributed by atoms with Crippen LogP contribution in [0.2, 0.25) is 0 Å². The number of rotatable bonds is 4. The minimum absolute atomic E-state index is 0.0212. The van der Waals surface area contributed by atoms with E-state index in [2.05, 4.69) is 15.5 Å². The van der Waals surface area contributed by atoms with Crippen LogP contribution in [0.3, 0.4) is 0 Å². The zero-order chi connectivity index (χ0) is 22.9. The van der Waals surface area contributed by atoms with E-state index in [1.54, 1.807) is 24.3 Å². The Balaban J connectivity index is 1.66. The predicted molar refractivity (Wildman–Crippen MR) is 127 cm³/mol. The number of nitrogens with one attached hydrogen (secondary N) is 2. The molecule has 0 aromatic heterocycles. The highest BCUT2D eigenvalue weighted by Gasteiger charge is 2.35. The first kappa shape index (κ1) is 21.4. The molecule has 170 valence electrons. The summed E-state index contributed by atoms with van der Waals surface area (Å²) in [5, 5.41) is 5.73. The SMILES string of the molecule is CCNC(=O)Nc1cc2c3c(c1)[C@H](c1cccc(F)c1)CCN3CC[C@H]2c1cccc(F)c1. The molecule has 0 fully saturated rings. The number of carbonyl (C=O) groups excluding carboxylic acids is 1. The van der Waals surface area contributed by atoms with Crippen LogP contribution in [0, 0.1) is 11.6 Å². The quantitative estimate of drug-likeness (QED) is 0.516. The van der Waals surface area contributed by atoms with Crippen molar-refractivity contribution in [2.45, 2.75) is 31.6 Å². The molecule has 2 heterocycles. The van der Waals surface area contributed by atoms with Crippen LogP contribution in [0.5, 0.6) is 0 Å². The van der Waals surface area contributed by atoms with Crippen LogP contribution in [-0.4, -0.2) is 25.7 Å². The Morgan fingerprint density at radius 1 is 0.909 bits per heavy atom. The van der Waals surface area contributed by atoms with Crippen LogP contribution >= 0.6 is 0 Å². The summed E-state index contributed by atoms with van der Waals surface area (Å²) in [6.45, 7) is 4.14. The number of anilines is 2. The summed E-state index contributed by atoms with van der Waals surface area (Å²) in [4.78, 5) is 14.7. The molecule has 0 aliphatic carbocycles. The summed E-state index contributed by atoms with van der Waals surface area (Å²) in [5.74, 6) is -0.461. The molecule has 5 rings (SSSR count). The second-order valence-electron chi connectivity index (χ2n) is 8.77. The van der Waals surface area contributed by atoms with Gasteiger partial charge in [0.25, 0.3) is 0 Å². The van der Waals surface area contributed by atoms with Crippen molar-refractivity contribution in [1.82, 2.24) is 5.32 Å². The minimum Gasteiger partial charge on any atom is -0.371 e. The van der Waals surface area contributed by atoms with Crippen molar-refractivity contribution in [1.29, 1.82) is 0 Å². The first-order valence-corrected chi connectivity index (χ1v) is 11.5. The molecule has 3 aromatic carbocycles. The molecule has 0 radical (unpaired) electrons. The zero-order valence-electron chi connectivity index (χ0n) is 18.6. The molecule has 0 bridgehead atoms. The van der Waals surface area contributed by atoms with E-state index in [-0.39, 0.29) is 29.5 Å². The number of hydrogen-bond donors (Lipinski definition) is 2. The van der Waals surface area contributed by atoms with Gasteiger partial charge in [0.15, 0.2) is 0 Å². The summed E-state index contributed by atoms with van der Waals surface area (Å²) >= 11 is 0. The fourth-order valence-corrected chi connectivity index (χ4v) is 5.34. The van der Waals surface area contributed by atoms with E-state index in [9.17, 15) is 13.6 Å². The third kappa shape index (κ3) is 4.17. The third-order valence-corrected chi connectivity index (χ3v) is 6.71. The molecule has 3 aromatic rings. The summed E-state index contributed by atoms with van der Waals surface area (Å²) in [5.41, 5.74) is 5.85. The average molecular weight is 448 g/mol. The monoisotopic (exact) mass is 447 g/mol. The van der Waals surface area contributed by atoms with Gasteiger partial charge in [0.05, 0.1) is 0 Å². The average Bonchev–Trinajstić information content (AvgIpc) is 2.79. The summed E-state index contributed by atoms with van der Waals surface area (Å²) < 4.78 is 28.2. The number of hydrogen-bond acceptors (Lipinski definition) is 2. The number of amides is 2. The molecule has 4 nitrogen and oxygen atoms in total. The van der Waals surface area contributed by atoms with Gasteiger partial charge in [0.2, 0.25) is 0 Å². The Bertz CT molecular complexity index is 1120. The molecule has 2 aliphatic heterocycles. The van der Waals surface area contributed by atoms with E-state index in [4.69, 9.17) is 0 Å². The van der Waals surface area contributed by atoms with Crippen LogP contribution in [0.15, 0.2) is 60.7 Å². The van der Waals surface area contributed by atoms with Gasteiger partial charge in [-0.1, -0.05) is 24.3 Å². The van der Waals surface area contributed by atoms with Gasteiger partial charge in [-0.15, -0.1) is 0 Å². The highest BCUT2D eigenvalue weighted by molar-refractivity contribution is 5.90. The van der Waals surface area contributed by atoms with E-state index in [0.717, 1.165) is 53.9 Å². The highest BCUT2D eigenvalue weighted by atomic mass is 19.1. The number of halogens is 2. The van der Waals surface area contributed by atoms with Crippen LogP contribution in [-0.2, 0) is 0 Å². The highest BCUT2D eigenvalue weighted by Crippen LogP contribution is 2.49. The van der Waals surface area contributed by atoms with Crippen molar-refractivity contribution in [3.8, 4) is 0 Å². The second-order valence-corrected chi connectivity index (χ2v) is 8.77. The molecule has 6 heteroatoms. The molecule has 0 saturated heterocycles. The van der Waals surface area contributed by atoms with E-state index < -0.39 is 0 Å². The molecule has 2 N–H and O–H groups in total. The lowest BCUT2D eigenvalue weighted by molar-refractivity contribution is 0.252. The first-order valence-electron chi connectivity index (χ1n) is 11.5. The smallest absolute Gasteiger partial charge is 0.319 e. The van der Waals surface area contributed by atoms with Crippen LogP contribution in [0.25, 0.3) is 0 Å². The molecule has 2 amide bonds. The predicted octanol–water partition coefficient (Wildman–Crippen LogP) is 5.98. The van der Waals surface area contributed by atoms with Gasteiger partial charge in [0.1, 0.15) is 11.6 Å². The van der Waals surface area contributed by atoms with E-state index in [0.29, 0.717) is 12.2 Å². The number of benzene rings is 3. The number of carbonyl (C=O) groups is 1. The lowest BCUT2D eigenvalue weighted by Gasteiger charge is -2.43. The van der Waals surface area contributed by atoms with Gasteiger partial charge in [-0.3, -0.25) is 0 Å². The number of nitrogens with zero attached hydrogens (tertiary/aromatic N) is 1. The zero-order valence-corrected chi connectivity index (χ0v) is 18.6. The molecule has 0 saturated carbocycles. The Morgan fingerprint density at radius 3 is 1.94 bits per heavy atom. The molecule has 0 spiro atoms. The van der Waals surface area contributed by atoms with Gasteiger partial charge in [-0.25, -0.2) is 13.6 Å². The fourth-order valence-electron chi connectivity index (χ4n) is 5.34. The Morgan fingerprint density at radius 2 is 1.45 bits per heavy atom. The maximum Gasteiger partial charge on any atom is 0.319 e. The Kier molecular flexibility index (Phi) is 5.75. The van der Waals surface area contributed by atoms with Crippen molar-refractivity contribution in [3.05, 3.63) is 94.6 Å². The van der Waals surface area contributed by atoms with Crippen molar-refractivity contribution in [2.24, 2.45) is 0 Å². The molecular weight excluding hydrogens is 420 g/mol. The topological polar surface area (TPSA) is 44.4 Å². The fraction of sp³-hybridized carbons (Fsp3) is 0.296. The van der Waals surface area contributed by atoms with Crippen LogP contribution in [0.1, 0.15) is 53.9 Å². The summed E-state index contributed by atoms with van der Waals surface area (Å²) in [7, 11) is 0. The van der Waals surface area contributed by atoms with E-state index in [1.807, 2.05) is 31.2 Å². The summed E-state index contributed by atoms with van der Waals surface area (Å²) in [6, 6.07) is 17.3. The van der Waals surface area contributed by atoms with E-state index >= 15 is 0 Å². The second kappa shape index (κ2) is 8.85. The molecular formula is C27H27F2N3O. The molecule has 0 unspecified atom stereocenters.